The number of amides is 1. The number of rotatable bonds is 3. The van der Waals surface area contributed by atoms with E-state index in [-0.39, 0.29) is 11.3 Å². The lowest BCUT2D eigenvalue weighted by Crippen LogP contribution is -2.54. The van der Waals surface area contributed by atoms with E-state index >= 15 is 0 Å². The molecule has 3 N–H and O–H groups in total. The number of carbonyl (C=O) groups is 1. The van der Waals surface area contributed by atoms with E-state index in [0.29, 0.717) is 6.54 Å². The summed E-state index contributed by atoms with van der Waals surface area (Å²) in [5.41, 5.74) is 5.51. The fourth-order valence-electron chi connectivity index (χ4n) is 2.37. The molecule has 20 heavy (non-hydrogen) atoms. The molecular weight excluding hydrogens is 272 g/mol. The second kappa shape index (κ2) is 5.77. The van der Waals surface area contributed by atoms with Crippen LogP contribution >= 0.6 is 11.3 Å². The largest absolute Gasteiger partial charge is 0.348 e. The Balaban J connectivity index is 1.91. The Kier molecular flexibility index (Phi) is 4.44. The summed E-state index contributed by atoms with van der Waals surface area (Å²) in [4.78, 5) is 12.2. The summed E-state index contributed by atoms with van der Waals surface area (Å²) in [5.74, 6) is -0.0512. The number of nitrogens with two attached hydrogens (primary N) is 1. The first-order valence-electron chi connectivity index (χ1n) is 7.21. The van der Waals surface area contributed by atoms with Gasteiger partial charge in [0.2, 0.25) is 5.91 Å². The molecular formula is C14H24N4OS. The molecule has 1 heterocycles. The Labute approximate surface area is 124 Å². The molecule has 0 saturated heterocycles. The van der Waals surface area contributed by atoms with Crippen LogP contribution in [0, 0.1) is 0 Å². The number of carbonyl (C=O) groups excluding carboxylic acids is 1. The van der Waals surface area contributed by atoms with E-state index in [1.165, 1.54) is 6.42 Å². The van der Waals surface area contributed by atoms with Crippen LogP contribution in [0.1, 0.15) is 62.9 Å². The summed E-state index contributed by atoms with van der Waals surface area (Å²) in [6, 6.07) is 0. The van der Waals surface area contributed by atoms with Crippen LogP contribution < -0.4 is 11.1 Å². The SMILES string of the molecule is CC(C)(C)c1nnc(CNC(=O)C2(N)CCCCC2)s1. The minimum atomic E-state index is -0.685. The second-order valence-electron chi connectivity index (χ2n) is 6.65. The Morgan fingerprint density at radius 2 is 1.95 bits per heavy atom. The van der Waals surface area contributed by atoms with Crippen LogP contribution in [0.25, 0.3) is 0 Å². The third kappa shape index (κ3) is 3.55. The maximum absolute atomic E-state index is 12.2. The van der Waals surface area contributed by atoms with Crippen LogP contribution in [-0.4, -0.2) is 21.6 Å². The van der Waals surface area contributed by atoms with Gasteiger partial charge in [-0.2, -0.15) is 0 Å². The van der Waals surface area contributed by atoms with Gasteiger partial charge in [0.1, 0.15) is 10.0 Å². The van der Waals surface area contributed by atoms with Gasteiger partial charge in [0, 0.05) is 5.41 Å². The molecule has 1 aromatic rings. The molecule has 1 aliphatic carbocycles. The van der Waals surface area contributed by atoms with Crippen molar-refractivity contribution in [1.82, 2.24) is 15.5 Å². The number of nitrogens with one attached hydrogen (secondary N) is 1. The van der Waals surface area contributed by atoms with Gasteiger partial charge in [0.15, 0.2) is 0 Å². The lowest BCUT2D eigenvalue weighted by molar-refractivity contribution is -0.127. The molecule has 0 aliphatic heterocycles. The van der Waals surface area contributed by atoms with Crippen molar-refractivity contribution in [1.29, 1.82) is 0 Å². The summed E-state index contributed by atoms with van der Waals surface area (Å²) >= 11 is 1.55. The van der Waals surface area contributed by atoms with E-state index in [9.17, 15) is 4.79 Å². The fraction of sp³-hybridized carbons (Fsp3) is 0.786. The fourth-order valence-corrected chi connectivity index (χ4v) is 3.21. The smallest absolute Gasteiger partial charge is 0.240 e. The average molecular weight is 296 g/mol. The Hall–Kier alpha value is -1.01. The molecule has 1 fully saturated rings. The molecule has 0 radical (unpaired) electrons. The van der Waals surface area contributed by atoms with Crippen LogP contribution in [0.2, 0.25) is 0 Å². The molecule has 1 amide bonds. The minimum absolute atomic E-state index is 0.00160. The van der Waals surface area contributed by atoms with Gasteiger partial charge in [-0.1, -0.05) is 51.4 Å². The molecule has 0 bridgehead atoms. The number of hydrogen-bond acceptors (Lipinski definition) is 5. The highest BCUT2D eigenvalue weighted by molar-refractivity contribution is 7.11. The van der Waals surface area contributed by atoms with Crippen molar-refractivity contribution in [2.24, 2.45) is 5.73 Å². The predicted octanol–water partition coefficient (Wildman–Crippen LogP) is 2.11. The summed E-state index contributed by atoms with van der Waals surface area (Å²) in [6.07, 6.45) is 4.82. The standard InChI is InChI=1S/C14H24N4OS/c1-13(2,3)12-18-17-10(20-12)9-16-11(19)14(15)7-5-4-6-8-14/h4-9,15H2,1-3H3,(H,16,19). The molecule has 112 valence electrons. The molecule has 0 spiro atoms. The molecule has 0 atom stereocenters. The zero-order valence-corrected chi connectivity index (χ0v) is 13.3. The van der Waals surface area contributed by atoms with E-state index in [1.807, 2.05) is 0 Å². The third-order valence-electron chi connectivity index (χ3n) is 3.71. The number of aromatic nitrogens is 2. The molecule has 1 aromatic heterocycles. The summed E-state index contributed by atoms with van der Waals surface area (Å²) in [6.45, 7) is 6.73. The van der Waals surface area contributed by atoms with Crippen LogP contribution in [0.3, 0.4) is 0 Å². The zero-order chi connectivity index (χ0) is 14.8. The summed E-state index contributed by atoms with van der Waals surface area (Å²) < 4.78 is 0. The van der Waals surface area contributed by atoms with Crippen molar-refractivity contribution in [3.63, 3.8) is 0 Å². The van der Waals surface area contributed by atoms with E-state index in [0.717, 1.165) is 35.7 Å². The molecule has 0 aromatic carbocycles. The van der Waals surface area contributed by atoms with E-state index in [1.54, 1.807) is 11.3 Å². The second-order valence-corrected chi connectivity index (χ2v) is 7.71. The molecule has 0 unspecified atom stereocenters. The Morgan fingerprint density at radius 3 is 2.50 bits per heavy atom. The lowest BCUT2D eigenvalue weighted by atomic mass is 9.82. The first-order valence-corrected chi connectivity index (χ1v) is 8.03. The van der Waals surface area contributed by atoms with Gasteiger partial charge in [-0.15, -0.1) is 10.2 Å². The minimum Gasteiger partial charge on any atom is -0.348 e. The topological polar surface area (TPSA) is 80.9 Å². The van der Waals surface area contributed by atoms with Crippen LogP contribution in [-0.2, 0) is 16.8 Å². The first-order chi connectivity index (χ1) is 9.31. The maximum Gasteiger partial charge on any atom is 0.240 e. The highest BCUT2D eigenvalue weighted by Gasteiger charge is 2.35. The van der Waals surface area contributed by atoms with Gasteiger partial charge in [0.25, 0.3) is 0 Å². The number of hydrogen-bond donors (Lipinski definition) is 2. The first kappa shape index (κ1) is 15.4. The van der Waals surface area contributed by atoms with E-state index < -0.39 is 5.54 Å². The predicted molar refractivity (Wildman–Crippen MR) is 80.5 cm³/mol. The van der Waals surface area contributed by atoms with E-state index in [2.05, 4.69) is 36.3 Å². The third-order valence-corrected chi connectivity index (χ3v) is 5.06. The lowest BCUT2D eigenvalue weighted by Gasteiger charge is -2.31. The zero-order valence-electron chi connectivity index (χ0n) is 12.5. The van der Waals surface area contributed by atoms with Crippen LogP contribution in [0.5, 0.6) is 0 Å². The van der Waals surface area contributed by atoms with Gasteiger partial charge >= 0.3 is 0 Å². The normalized spacial score (nSPS) is 18.8. The van der Waals surface area contributed by atoms with Crippen molar-refractivity contribution in [2.75, 3.05) is 0 Å². The molecule has 2 rings (SSSR count). The van der Waals surface area contributed by atoms with Gasteiger partial charge in [-0.05, 0) is 12.8 Å². The van der Waals surface area contributed by atoms with Gasteiger partial charge < -0.3 is 11.1 Å². The monoisotopic (exact) mass is 296 g/mol. The average Bonchev–Trinajstić information content (AvgIpc) is 2.85. The Bertz CT molecular complexity index is 472. The van der Waals surface area contributed by atoms with Crippen LogP contribution in [0.15, 0.2) is 0 Å². The van der Waals surface area contributed by atoms with Crippen molar-refractivity contribution < 1.29 is 4.79 Å². The van der Waals surface area contributed by atoms with E-state index in [4.69, 9.17) is 5.73 Å². The number of nitrogens with zero attached hydrogens (tertiary/aromatic N) is 2. The molecule has 5 nitrogen and oxygen atoms in total. The van der Waals surface area contributed by atoms with Gasteiger partial charge in [0.05, 0.1) is 12.1 Å². The highest BCUT2D eigenvalue weighted by Crippen LogP contribution is 2.27. The summed E-state index contributed by atoms with van der Waals surface area (Å²) in [5, 5.41) is 13.1. The quantitative estimate of drug-likeness (QED) is 0.895. The molecule has 1 aliphatic rings. The Morgan fingerprint density at radius 1 is 1.30 bits per heavy atom. The van der Waals surface area contributed by atoms with Crippen molar-refractivity contribution in [2.45, 2.75) is 70.4 Å². The van der Waals surface area contributed by atoms with Gasteiger partial charge in [-0.25, -0.2) is 0 Å². The van der Waals surface area contributed by atoms with Gasteiger partial charge in [-0.3, -0.25) is 4.79 Å². The van der Waals surface area contributed by atoms with Crippen molar-refractivity contribution in [3.8, 4) is 0 Å². The molecule has 6 heteroatoms. The van der Waals surface area contributed by atoms with Crippen molar-refractivity contribution >= 4 is 17.2 Å². The maximum atomic E-state index is 12.2. The van der Waals surface area contributed by atoms with Crippen molar-refractivity contribution in [3.05, 3.63) is 10.0 Å². The summed E-state index contributed by atoms with van der Waals surface area (Å²) in [7, 11) is 0. The highest BCUT2D eigenvalue weighted by atomic mass is 32.1. The molecule has 1 saturated carbocycles. The van der Waals surface area contributed by atoms with Crippen LogP contribution in [0.4, 0.5) is 0 Å².